The van der Waals surface area contributed by atoms with E-state index in [0.717, 1.165) is 23.7 Å². The molecule has 1 nitrogen and oxygen atoms in total. The summed E-state index contributed by atoms with van der Waals surface area (Å²) in [6, 6.07) is 0. The van der Waals surface area contributed by atoms with Gasteiger partial charge >= 0.3 is 0 Å². The van der Waals surface area contributed by atoms with Gasteiger partial charge in [0, 0.05) is 5.92 Å². The first-order valence-corrected chi connectivity index (χ1v) is 5.35. The molecule has 3 fully saturated rings. The second-order valence-corrected chi connectivity index (χ2v) is 4.95. The van der Waals surface area contributed by atoms with Gasteiger partial charge in [-0.3, -0.25) is 0 Å². The third kappa shape index (κ3) is 0.725. The minimum atomic E-state index is 0.449. The smallest absolute Gasteiger partial charge is 0.123 e. The molecule has 0 spiro atoms. The lowest BCUT2D eigenvalue weighted by atomic mass is 9.78. The van der Waals surface area contributed by atoms with Crippen molar-refractivity contribution in [3.05, 3.63) is 0 Å². The monoisotopic (exact) mass is 164 g/mol. The molecule has 66 valence electrons. The zero-order chi connectivity index (χ0) is 8.13. The molecule has 12 heavy (non-hydrogen) atoms. The summed E-state index contributed by atoms with van der Waals surface area (Å²) in [6.45, 7) is 0. The Balaban J connectivity index is 1.89. The van der Waals surface area contributed by atoms with E-state index in [-0.39, 0.29) is 0 Å². The molecule has 3 aliphatic rings. The van der Waals surface area contributed by atoms with Gasteiger partial charge in [0.05, 0.1) is 0 Å². The molecular formula is C11H16O. The third-order valence-electron chi connectivity index (χ3n) is 4.66. The normalized spacial score (nSPS) is 55.8. The molecule has 0 radical (unpaired) electrons. The van der Waals surface area contributed by atoms with Gasteiger partial charge in [0.25, 0.3) is 0 Å². The molecule has 3 rings (SSSR count). The van der Waals surface area contributed by atoms with Crippen molar-refractivity contribution in [1.29, 1.82) is 0 Å². The highest BCUT2D eigenvalue weighted by Crippen LogP contribution is 2.60. The zero-order valence-corrected chi connectivity index (χ0v) is 7.41. The molecule has 0 saturated heterocycles. The van der Waals surface area contributed by atoms with Crippen molar-refractivity contribution in [2.24, 2.45) is 29.6 Å². The topological polar surface area (TPSA) is 17.1 Å². The van der Waals surface area contributed by atoms with Crippen LogP contribution < -0.4 is 0 Å². The minimum Gasteiger partial charge on any atom is -0.303 e. The first-order valence-electron chi connectivity index (χ1n) is 5.35. The molecule has 0 amide bonds. The van der Waals surface area contributed by atoms with Crippen LogP contribution in [0.25, 0.3) is 0 Å². The maximum atomic E-state index is 10.8. The molecule has 1 heteroatoms. The van der Waals surface area contributed by atoms with Crippen molar-refractivity contribution >= 4 is 6.29 Å². The largest absolute Gasteiger partial charge is 0.303 e. The van der Waals surface area contributed by atoms with Crippen molar-refractivity contribution in [1.82, 2.24) is 0 Å². The van der Waals surface area contributed by atoms with Crippen molar-refractivity contribution in [3.63, 3.8) is 0 Å². The SMILES string of the molecule is O=C[C@@H]1CC[C@@H]2[C@H]3CC[C@@H](C3)[C@@H]21. The molecule has 0 heterocycles. The number of carbonyl (C=O) groups excluding carboxylic acids is 1. The molecule has 2 bridgehead atoms. The summed E-state index contributed by atoms with van der Waals surface area (Å²) in [4.78, 5) is 10.8. The zero-order valence-electron chi connectivity index (χ0n) is 7.41. The van der Waals surface area contributed by atoms with Crippen molar-refractivity contribution < 1.29 is 4.79 Å². The lowest BCUT2D eigenvalue weighted by Gasteiger charge is -2.26. The summed E-state index contributed by atoms with van der Waals surface area (Å²) >= 11 is 0. The molecular weight excluding hydrogens is 148 g/mol. The van der Waals surface area contributed by atoms with Crippen molar-refractivity contribution in [2.45, 2.75) is 32.1 Å². The van der Waals surface area contributed by atoms with Crippen molar-refractivity contribution in [2.75, 3.05) is 0 Å². The van der Waals surface area contributed by atoms with Crippen LogP contribution in [0.15, 0.2) is 0 Å². The van der Waals surface area contributed by atoms with E-state index in [1.807, 2.05) is 0 Å². The summed E-state index contributed by atoms with van der Waals surface area (Å²) in [6.07, 6.45) is 8.15. The Kier molecular flexibility index (Phi) is 1.38. The number of fused-ring (bicyclic) bond motifs is 5. The standard InChI is InChI=1S/C11H16O/c12-6-9-3-4-10-7-1-2-8(5-7)11(9)10/h6-11H,1-5H2/t7-,8-,9-,10+,11+/m0/s1. The number of hydrogen-bond acceptors (Lipinski definition) is 1. The van der Waals surface area contributed by atoms with Gasteiger partial charge in [-0.1, -0.05) is 0 Å². The highest BCUT2D eigenvalue weighted by molar-refractivity contribution is 5.55. The summed E-state index contributed by atoms with van der Waals surface area (Å²) in [5.41, 5.74) is 0. The quantitative estimate of drug-likeness (QED) is 0.543. The molecule has 3 aliphatic carbocycles. The maximum absolute atomic E-state index is 10.8. The molecule has 3 saturated carbocycles. The highest BCUT2D eigenvalue weighted by Gasteiger charge is 2.52. The van der Waals surface area contributed by atoms with Crippen LogP contribution in [0, 0.1) is 29.6 Å². The van der Waals surface area contributed by atoms with E-state index < -0.39 is 0 Å². The van der Waals surface area contributed by atoms with Gasteiger partial charge in [-0.2, -0.15) is 0 Å². The molecule has 0 aromatic heterocycles. The Labute approximate surface area is 73.5 Å². The molecule has 0 N–H and O–H groups in total. The van der Waals surface area contributed by atoms with Crippen LogP contribution in [-0.4, -0.2) is 6.29 Å². The molecule has 0 aliphatic heterocycles. The lowest BCUT2D eigenvalue weighted by Crippen LogP contribution is -2.22. The Hall–Kier alpha value is -0.330. The summed E-state index contributed by atoms with van der Waals surface area (Å²) in [5.74, 6) is 4.19. The summed E-state index contributed by atoms with van der Waals surface area (Å²) in [7, 11) is 0. The first kappa shape index (κ1) is 7.11. The molecule has 0 unspecified atom stereocenters. The van der Waals surface area contributed by atoms with Crippen molar-refractivity contribution in [3.8, 4) is 0 Å². The van der Waals surface area contributed by atoms with Crippen LogP contribution in [0.4, 0.5) is 0 Å². The number of rotatable bonds is 1. The average molecular weight is 164 g/mol. The van der Waals surface area contributed by atoms with Gasteiger partial charge in [0.15, 0.2) is 0 Å². The Bertz CT molecular complexity index is 211. The summed E-state index contributed by atoms with van der Waals surface area (Å²) < 4.78 is 0. The highest BCUT2D eigenvalue weighted by atomic mass is 16.1. The molecule has 5 atom stereocenters. The van der Waals surface area contributed by atoms with E-state index in [1.54, 1.807) is 0 Å². The number of aldehydes is 1. The predicted octanol–water partition coefficient (Wildman–Crippen LogP) is 2.26. The van der Waals surface area contributed by atoms with Gasteiger partial charge in [-0.15, -0.1) is 0 Å². The van der Waals surface area contributed by atoms with Crippen LogP contribution in [-0.2, 0) is 4.79 Å². The molecule has 0 aromatic rings. The van der Waals surface area contributed by atoms with Gasteiger partial charge in [0.1, 0.15) is 6.29 Å². The fraction of sp³-hybridized carbons (Fsp3) is 0.909. The first-order chi connectivity index (χ1) is 5.90. The van der Waals surface area contributed by atoms with Gasteiger partial charge in [-0.05, 0) is 55.8 Å². The third-order valence-corrected chi connectivity index (χ3v) is 4.66. The molecule has 0 aromatic carbocycles. The van der Waals surface area contributed by atoms with Crippen LogP contribution >= 0.6 is 0 Å². The fourth-order valence-electron chi connectivity index (χ4n) is 4.29. The van der Waals surface area contributed by atoms with E-state index in [1.165, 1.54) is 38.4 Å². The summed E-state index contributed by atoms with van der Waals surface area (Å²) in [5, 5.41) is 0. The number of hydrogen-bond donors (Lipinski definition) is 0. The van der Waals surface area contributed by atoms with Crippen LogP contribution in [0.2, 0.25) is 0 Å². The fourth-order valence-corrected chi connectivity index (χ4v) is 4.29. The lowest BCUT2D eigenvalue weighted by molar-refractivity contribution is -0.112. The van der Waals surface area contributed by atoms with Gasteiger partial charge in [-0.25, -0.2) is 0 Å². The van der Waals surface area contributed by atoms with E-state index in [0.29, 0.717) is 5.92 Å². The van der Waals surface area contributed by atoms with Crippen LogP contribution in [0.3, 0.4) is 0 Å². The Morgan fingerprint density at radius 2 is 1.83 bits per heavy atom. The van der Waals surface area contributed by atoms with Gasteiger partial charge < -0.3 is 4.79 Å². The number of carbonyl (C=O) groups is 1. The van der Waals surface area contributed by atoms with E-state index >= 15 is 0 Å². The average Bonchev–Trinajstić information content (AvgIpc) is 2.76. The second kappa shape index (κ2) is 2.34. The van der Waals surface area contributed by atoms with E-state index in [9.17, 15) is 4.79 Å². The Morgan fingerprint density at radius 3 is 2.67 bits per heavy atom. The van der Waals surface area contributed by atoms with E-state index in [4.69, 9.17) is 0 Å². The maximum Gasteiger partial charge on any atom is 0.123 e. The Morgan fingerprint density at radius 1 is 1.00 bits per heavy atom. The van der Waals surface area contributed by atoms with Crippen LogP contribution in [0.1, 0.15) is 32.1 Å². The predicted molar refractivity (Wildman–Crippen MR) is 46.6 cm³/mol. The van der Waals surface area contributed by atoms with Crippen LogP contribution in [0.5, 0.6) is 0 Å². The van der Waals surface area contributed by atoms with E-state index in [2.05, 4.69) is 0 Å². The van der Waals surface area contributed by atoms with Gasteiger partial charge in [0.2, 0.25) is 0 Å². The second-order valence-electron chi connectivity index (χ2n) is 4.95. The minimum absolute atomic E-state index is 0.449.